The monoisotopic (exact) mass is 313 g/mol. The minimum absolute atomic E-state index is 0.0830. The Balaban J connectivity index is 2.47. The maximum Gasteiger partial charge on any atom is 0.339 e. The SMILES string of the molecule is CC[C@@H](C)NC(=O)COC(=O)c1ccccc1Br. The number of carbonyl (C=O) groups is 2. The molecule has 0 aromatic heterocycles. The number of benzene rings is 1. The van der Waals surface area contributed by atoms with Crippen molar-refractivity contribution in [2.24, 2.45) is 0 Å². The summed E-state index contributed by atoms with van der Waals surface area (Å²) in [6, 6.07) is 7.01. The number of carbonyl (C=O) groups excluding carboxylic acids is 2. The van der Waals surface area contributed by atoms with Crippen LogP contribution >= 0.6 is 15.9 Å². The molecule has 0 saturated heterocycles. The Bertz CT molecular complexity index is 434. The molecular formula is C13H16BrNO3. The molecular weight excluding hydrogens is 298 g/mol. The molecule has 98 valence electrons. The van der Waals surface area contributed by atoms with Gasteiger partial charge >= 0.3 is 5.97 Å². The van der Waals surface area contributed by atoms with E-state index in [1.807, 2.05) is 13.8 Å². The first-order valence-electron chi connectivity index (χ1n) is 5.75. The fraction of sp³-hybridized carbons (Fsp3) is 0.385. The van der Waals surface area contributed by atoms with Crippen LogP contribution in [0.25, 0.3) is 0 Å². The van der Waals surface area contributed by atoms with Gasteiger partial charge in [-0.15, -0.1) is 0 Å². The predicted octanol–water partition coefficient (Wildman–Crippen LogP) is 2.52. The molecule has 1 amide bonds. The highest BCUT2D eigenvalue weighted by molar-refractivity contribution is 9.10. The van der Waals surface area contributed by atoms with E-state index in [1.165, 1.54) is 0 Å². The zero-order valence-electron chi connectivity index (χ0n) is 10.4. The van der Waals surface area contributed by atoms with E-state index < -0.39 is 5.97 Å². The number of halogens is 1. The predicted molar refractivity (Wildman–Crippen MR) is 72.3 cm³/mol. The van der Waals surface area contributed by atoms with Crippen molar-refractivity contribution in [2.45, 2.75) is 26.3 Å². The minimum atomic E-state index is -0.512. The van der Waals surface area contributed by atoms with Crippen LogP contribution in [-0.2, 0) is 9.53 Å². The molecule has 0 heterocycles. The molecule has 0 spiro atoms. The fourth-order valence-electron chi connectivity index (χ4n) is 1.25. The highest BCUT2D eigenvalue weighted by Crippen LogP contribution is 2.16. The van der Waals surface area contributed by atoms with E-state index in [1.54, 1.807) is 24.3 Å². The van der Waals surface area contributed by atoms with Crippen LogP contribution in [0.1, 0.15) is 30.6 Å². The van der Waals surface area contributed by atoms with Gasteiger partial charge in [0.2, 0.25) is 0 Å². The quantitative estimate of drug-likeness (QED) is 0.850. The maximum absolute atomic E-state index is 11.7. The van der Waals surface area contributed by atoms with Crippen LogP contribution in [0.15, 0.2) is 28.7 Å². The van der Waals surface area contributed by atoms with Gasteiger partial charge in [-0.2, -0.15) is 0 Å². The van der Waals surface area contributed by atoms with Gasteiger partial charge in [0.15, 0.2) is 6.61 Å². The van der Waals surface area contributed by atoms with Gasteiger partial charge < -0.3 is 10.1 Å². The lowest BCUT2D eigenvalue weighted by molar-refractivity contribution is -0.124. The molecule has 0 aliphatic heterocycles. The number of hydrogen-bond acceptors (Lipinski definition) is 3. The summed E-state index contributed by atoms with van der Waals surface area (Å²) in [6.07, 6.45) is 0.837. The van der Waals surface area contributed by atoms with E-state index in [0.29, 0.717) is 10.0 Å². The van der Waals surface area contributed by atoms with Crippen LogP contribution in [0, 0.1) is 0 Å². The number of hydrogen-bond donors (Lipinski definition) is 1. The second-order valence-electron chi connectivity index (χ2n) is 3.93. The lowest BCUT2D eigenvalue weighted by Gasteiger charge is -2.11. The van der Waals surface area contributed by atoms with Gasteiger partial charge in [-0.25, -0.2) is 4.79 Å². The summed E-state index contributed by atoms with van der Waals surface area (Å²) in [5.41, 5.74) is 0.411. The molecule has 0 unspecified atom stereocenters. The summed E-state index contributed by atoms with van der Waals surface area (Å²) in [6.45, 7) is 3.61. The summed E-state index contributed by atoms with van der Waals surface area (Å²) in [7, 11) is 0. The number of esters is 1. The Morgan fingerprint density at radius 3 is 2.67 bits per heavy atom. The van der Waals surface area contributed by atoms with Gasteiger partial charge in [0.1, 0.15) is 0 Å². The maximum atomic E-state index is 11.7. The molecule has 0 fully saturated rings. The van der Waals surface area contributed by atoms with E-state index in [2.05, 4.69) is 21.2 Å². The van der Waals surface area contributed by atoms with Crippen LogP contribution < -0.4 is 5.32 Å². The Kier molecular flexibility index (Phi) is 5.85. The van der Waals surface area contributed by atoms with Crippen molar-refractivity contribution in [3.05, 3.63) is 34.3 Å². The summed E-state index contributed by atoms with van der Waals surface area (Å²) >= 11 is 3.25. The van der Waals surface area contributed by atoms with Crippen LogP contribution in [0.5, 0.6) is 0 Å². The summed E-state index contributed by atoms with van der Waals surface area (Å²) in [5.74, 6) is -0.800. The van der Waals surface area contributed by atoms with Crippen molar-refractivity contribution in [1.82, 2.24) is 5.32 Å². The lowest BCUT2D eigenvalue weighted by Crippen LogP contribution is -2.35. The van der Waals surface area contributed by atoms with Crippen molar-refractivity contribution in [2.75, 3.05) is 6.61 Å². The lowest BCUT2D eigenvalue weighted by atomic mass is 10.2. The van der Waals surface area contributed by atoms with Crippen LogP contribution in [0.4, 0.5) is 0 Å². The average Bonchev–Trinajstić information content (AvgIpc) is 2.36. The first-order chi connectivity index (χ1) is 8.54. The van der Waals surface area contributed by atoms with E-state index in [0.717, 1.165) is 6.42 Å². The largest absolute Gasteiger partial charge is 0.452 e. The highest BCUT2D eigenvalue weighted by atomic mass is 79.9. The van der Waals surface area contributed by atoms with Gasteiger partial charge in [-0.1, -0.05) is 19.1 Å². The average molecular weight is 314 g/mol. The first-order valence-corrected chi connectivity index (χ1v) is 6.55. The second kappa shape index (κ2) is 7.16. The Morgan fingerprint density at radius 1 is 1.39 bits per heavy atom. The summed E-state index contributed by atoms with van der Waals surface area (Å²) in [4.78, 5) is 23.1. The Labute approximate surface area is 115 Å². The topological polar surface area (TPSA) is 55.4 Å². The highest BCUT2D eigenvalue weighted by Gasteiger charge is 2.13. The molecule has 1 aromatic rings. The van der Waals surface area contributed by atoms with Crippen molar-refractivity contribution >= 4 is 27.8 Å². The molecule has 0 radical (unpaired) electrons. The molecule has 18 heavy (non-hydrogen) atoms. The normalized spacial score (nSPS) is 11.7. The van der Waals surface area contributed by atoms with Gasteiger partial charge in [-0.3, -0.25) is 4.79 Å². The zero-order chi connectivity index (χ0) is 13.5. The molecule has 0 aliphatic carbocycles. The zero-order valence-corrected chi connectivity index (χ0v) is 12.0. The van der Waals surface area contributed by atoms with E-state index in [-0.39, 0.29) is 18.6 Å². The van der Waals surface area contributed by atoms with Crippen LogP contribution in [0.3, 0.4) is 0 Å². The van der Waals surface area contributed by atoms with Crippen molar-refractivity contribution in [3.63, 3.8) is 0 Å². The minimum Gasteiger partial charge on any atom is -0.452 e. The van der Waals surface area contributed by atoms with Gasteiger partial charge in [0.25, 0.3) is 5.91 Å². The third-order valence-corrected chi connectivity index (χ3v) is 3.14. The van der Waals surface area contributed by atoms with Gasteiger partial charge in [0.05, 0.1) is 5.56 Å². The summed E-state index contributed by atoms with van der Waals surface area (Å²) in [5, 5.41) is 2.72. The van der Waals surface area contributed by atoms with Crippen LogP contribution in [0.2, 0.25) is 0 Å². The molecule has 1 rings (SSSR count). The number of ether oxygens (including phenoxy) is 1. The molecule has 1 aromatic carbocycles. The molecule has 0 bridgehead atoms. The molecule has 1 atom stereocenters. The molecule has 5 heteroatoms. The van der Waals surface area contributed by atoms with Gasteiger partial charge in [-0.05, 0) is 41.4 Å². The molecule has 1 N–H and O–H groups in total. The third-order valence-electron chi connectivity index (χ3n) is 2.45. The number of nitrogens with one attached hydrogen (secondary N) is 1. The van der Waals surface area contributed by atoms with E-state index in [4.69, 9.17) is 4.74 Å². The van der Waals surface area contributed by atoms with Gasteiger partial charge in [0, 0.05) is 10.5 Å². The van der Waals surface area contributed by atoms with Crippen molar-refractivity contribution in [1.29, 1.82) is 0 Å². The number of rotatable bonds is 5. The summed E-state index contributed by atoms with van der Waals surface area (Å²) < 4.78 is 5.59. The molecule has 0 saturated carbocycles. The second-order valence-corrected chi connectivity index (χ2v) is 4.79. The standard InChI is InChI=1S/C13H16BrNO3/c1-3-9(2)15-12(16)8-18-13(17)10-6-4-5-7-11(10)14/h4-7,9H,3,8H2,1-2H3,(H,15,16)/t9-/m1/s1. The number of amides is 1. The Morgan fingerprint density at radius 2 is 2.06 bits per heavy atom. The van der Waals surface area contributed by atoms with Crippen LogP contribution in [-0.4, -0.2) is 24.5 Å². The van der Waals surface area contributed by atoms with E-state index >= 15 is 0 Å². The third kappa shape index (κ3) is 4.49. The van der Waals surface area contributed by atoms with Crippen molar-refractivity contribution < 1.29 is 14.3 Å². The molecule has 0 aliphatic rings. The molecule has 4 nitrogen and oxygen atoms in total. The fourth-order valence-corrected chi connectivity index (χ4v) is 1.70. The first kappa shape index (κ1) is 14.7. The smallest absolute Gasteiger partial charge is 0.339 e. The van der Waals surface area contributed by atoms with Crippen molar-refractivity contribution in [3.8, 4) is 0 Å². The Hall–Kier alpha value is -1.36. The van der Waals surface area contributed by atoms with E-state index in [9.17, 15) is 9.59 Å².